The molecule has 12 nitrogen and oxygen atoms in total. The second kappa shape index (κ2) is 13.2. The molecule has 0 amide bonds. The zero-order valence-corrected chi connectivity index (χ0v) is 24.4. The van der Waals surface area contributed by atoms with Gasteiger partial charge in [0.1, 0.15) is 45.6 Å². The number of phenols is 8. The highest BCUT2D eigenvalue weighted by molar-refractivity contribution is 6.03. The number of ether oxygens (including phenoxy) is 2. The number of carbonyl (C=O) groups is 2. The van der Waals surface area contributed by atoms with E-state index >= 15 is 0 Å². The number of hydrogen-bond acceptors (Lipinski definition) is 12. The first-order valence-electron chi connectivity index (χ1n) is 13.7. The van der Waals surface area contributed by atoms with Crippen molar-refractivity contribution in [3.8, 4) is 57.5 Å². The van der Waals surface area contributed by atoms with Gasteiger partial charge in [0.15, 0.2) is 34.6 Å². The number of aryl methyl sites for hydroxylation is 2. The Morgan fingerprint density at radius 3 is 1.24 bits per heavy atom. The Balaban J connectivity index is 1.67. The van der Waals surface area contributed by atoms with Crippen molar-refractivity contribution in [2.75, 3.05) is 14.2 Å². The molecule has 0 heterocycles. The van der Waals surface area contributed by atoms with Gasteiger partial charge in [0.25, 0.3) is 0 Å². The van der Waals surface area contributed by atoms with Gasteiger partial charge in [-0.2, -0.15) is 0 Å². The van der Waals surface area contributed by atoms with Crippen LogP contribution in [0.3, 0.4) is 0 Å². The van der Waals surface area contributed by atoms with Crippen LogP contribution in [-0.4, -0.2) is 66.6 Å². The summed E-state index contributed by atoms with van der Waals surface area (Å²) in [7, 11) is 2.53. The summed E-state index contributed by atoms with van der Waals surface area (Å²) in [5, 5.41) is 82.2. The van der Waals surface area contributed by atoms with Gasteiger partial charge in [0.2, 0.25) is 0 Å². The van der Waals surface area contributed by atoms with E-state index in [0.29, 0.717) is 11.1 Å². The van der Waals surface area contributed by atoms with E-state index in [4.69, 9.17) is 9.47 Å². The first-order chi connectivity index (χ1) is 21.4. The third-order valence-electron chi connectivity index (χ3n) is 7.40. The lowest BCUT2D eigenvalue weighted by molar-refractivity contribution is 0.0968. The standard InChI is InChI=1S/C33H32O12/c1-44-28-14-26(40)30(22(36)9-5-16-3-7-20(34)24(38)11-16)32(42)18(28)13-19-29(45-2)15-27(41)31(33(19)43)23(37)10-6-17-4-8-21(35)25(39)12-17/h3-4,7-8,11-12,14-15,34-35,38-43H,5-6,9-10,13H2,1-2H3. The zero-order valence-electron chi connectivity index (χ0n) is 24.4. The van der Waals surface area contributed by atoms with E-state index in [0.717, 1.165) is 12.1 Å². The first kappa shape index (κ1) is 32.1. The Morgan fingerprint density at radius 2 is 0.911 bits per heavy atom. The maximum absolute atomic E-state index is 13.2. The molecule has 4 rings (SSSR count). The number of Topliss-reactive ketones (excluding diaryl/α,β-unsaturated/α-hetero) is 2. The molecule has 12 heteroatoms. The average molecular weight is 621 g/mol. The third kappa shape index (κ3) is 6.74. The van der Waals surface area contributed by atoms with Crippen molar-refractivity contribution in [2.45, 2.75) is 32.1 Å². The number of carbonyl (C=O) groups excluding carboxylic acids is 2. The number of aromatic hydroxyl groups is 8. The van der Waals surface area contributed by atoms with Crippen molar-refractivity contribution in [3.05, 3.63) is 81.9 Å². The lowest BCUT2D eigenvalue weighted by Crippen LogP contribution is -2.08. The van der Waals surface area contributed by atoms with Crippen molar-refractivity contribution in [1.82, 2.24) is 0 Å². The topological polar surface area (TPSA) is 214 Å². The summed E-state index contributed by atoms with van der Waals surface area (Å²) >= 11 is 0. The first-order valence-corrected chi connectivity index (χ1v) is 13.7. The molecule has 4 aromatic carbocycles. The fraction of sp³-hybridized carbons (Fsp3) is 0.212. The minimum absolute atomic E-state index is 0.0295. The van der Waals surface area contributed by atoms with Gasteiger partial charge in [0, 0.05) is 42.5 Å². The normalized spacial score (nSPS) is 10.9. The molecule has 0 aromatic heterocycles. The third-order valence-corrected chi connectivity index (χ3v) is 7.40. The summed E-state index contributed by atoms with van der Waals surface area (Å²) in [6.45, 7) is 0. The maximum Gasteiger partial charge on any atom is 0.170 e. The van der Waals surface area contributed by atoms with Gasteiger partial charge in [0.05, 0.1) is 14.2 Å². The van der Waals surface area contributed by atoms with Crippen LogP contribution >= 0.6 is 0 Å². The van der Waals surface area contributed by atoms with Crippen LogP contribution in [0.25, 0.3) is 0 Å². The summed E-state index contributed by atoms with van der Waals surface area (Å²) in [6.07, 6.45) is -0.531. The highest BCUT2D eigenvalue weighted by atomic mass is 16.5. The molecular weight excluding hydrogens is 588 g/mol. The van der Waals surface area contributed by atoms with E-state index in [1.807, 2.05) is 0 Å². The summed E-state index contributed by atoms with van der Waals surface area (Å²) in [6, 6.07) is 10.4. The van der Waals surface area contributed by atoms with E-state index in [2.05, 4.69) is 0 Å². The molecule has 0 aliphatic carbocycles. The quantitative estimate of drug-likeness (QED) is 0.0808. The van der Waals surface area contributed by atoms with E-state index in [1.165, 1.54) is 50.6 Å². The predicted octanol–water partition coefficient (Wildman–Crippen LogP) is 4.57. The molecule has 0 spiro atoms. The lowest BCUT2D eigenvalue weighted by Gasteiger charge is -2.19. The molecule has 0 unspecified atom stereocenters. The van der Waals surface area contributed by atoms with E-state index in [9.17, 15) is 50.4 Å². The average Bonchev–Trinajstić information content (AvgIpc) is 3.00. The number of ketones is 2. The van der Waals surface area contributed by atoms with Crippen molar-refractivity contribution in [3.63, 3.8) is 0 Å². The van der Waals surface area contributed by atoms with Gasteiger partial charge in [-0.1, -0.05) is 12.1 Å². The highest BCUT2D eigenvalue weighted by Gasteiger charge is 2.28. The molecule has 45 heavy (non-hydrogen) atoms. The predicted molar refractivity (Wildman–Crippen MR) is 160 cm³/mol. The van der Waals surface area contributed by atoms with Gasteiger partial charge in [-0.25, -0.2) is 0 Å². The molecule has 236 valence electrons. The molecule has 8 N–H and O–H groups in total. The smallest absolute Gasteiger partial charge is 0.170 e. The van der Waals surface area contributed by atoms with Crippen molar-refractivity contribution < 1.29 is 59.9 Å². The van der Waals surface area contributed by atoms with Crippen molar-refractivity contribution in [2.24, 2.45) is 0 Å². The van der Waals surface area contributed by atoms with Gasteiger partial charge in [-0.05, 0) is 48.2 Å². The van der Waals surface area contributed by atoms with Crippen LogP contribution in [0.1, 0.15) is 55.8 Å². The van der Waals surface area contributed by atoms with Gasteiger partial charge >= 0.3 is 0 Å². The largest absolute Gasteiger partial charge is 0.507 e. The van der Waals surface area contributed by atoms with Crippen LogP contribution in [0.5, 0.6) is 57.5 Å². The minimum Gasteiger partial charge on any atom is -0.507 e. The monoisotopic (exact) mass is 620 g/mol. The SMILES string of the molecule is COc1cc(O)c(C(=O)CCc2ccc(O)c(O)c2)c(O)c1Cc1c(OC)cc(O)c(C(=O)CCc2ccc(O)c(O)c2)c1O. The van der Waals surface area contributed by atoms with Crippen LogP contribution in [0.2, 0.25) is 0 Å². The Bertz CT molecular complexity index is 1650. The number of benzene rings is 4. The van der Waals surface area contributed by atoms with Crippen molar-refractivity contribution >= 4 is 11.6 Å². The summed E-state index contributed by atoms with van der Waals surface area (Å²) in [5.74, 6) is -5.17. The van der Waals surface area contributed by atoms with E-state index < -0.39 is 45.7 Å². The Kier molecular flexibility index (Phi) is 9.46. The van der Waals surface area contributed by atoms with Crippen LogP contribution in [0.4, 0.5) is 0 Å². The van der Waals surface area contributed by atoms with E-state index in [1.54, 1.807) is 0 Å². The molecule has 0 aliphatic heterocycles. The number of hydrogen-bond donors (Lipinski definition) is 8. The number of phenolic OH excluding ortho intramolecular Hbond substituents is 8. The lowest BCUT2D eigenvalue weighted by atomic mass is 9.92. The maximum atomic E-state index is 13.2. The van der Waals surface area contributed by atoms with Gasteiger partial charge in [-0.15, -0.1) is 0 Å². The molecule has 0 atom stereocenters. The fourth-order valence-electron chi connectivity index (χ4n) is 4.99. The molecule has 0 bridgehead atoms. The van der Waals surface area contributed by atoms with Gasteiger partial charge < -0.3 is 50.3 Å². The second-order valence-corrected chi connectivity index (χ2v) is 10.3. The van der Waals surface area contributed by atoms with Crippen LogP contribution in [0.15, 0.2) is 48.5 Å². The molecule has 0 aliphatic rings. The molecule has 0 radical (unpaired) electrons. The fourth-order valence-corrected chi connectivity index (χ4v) is 4.99. The molecule has 4 aromatic rings. The summed E-state index contributed by atoms with van der Waals surface area (Å²) < 4.78 is 10.7. The Morgan fingerprint density at radius 1 is 0.533 bits per heavy atom. The molecule has 0 fully saturated rings. The van der Waals surface area contributed by atoms with Crippen LogP contribution < -0.4 is 9.47 Å². The van der Waals surface area contributed by atoms with Gasteiger partial charge in [-0.3, -0.25) is 9.59 Å². The minimum atomic E-state index is -0.653. The van der Waals surface area contributed by atoms with E-state index in [-0.39, 0.29) is 77.7 Å². The summed E-state index contributed by atoms with van der Waals surface area (Å²) in [5.41, 5.74) is 0.143. The number of methoxy groups -OCH3 is 2. The molecule has 0 saturated heterocycles. The van der Waals surface area contributed by atoms with Crippen LogP contribution in [0, 0.1) is 0 Å². The summed E-state index contributed by atoms with van der Waals surface area (Å²) in [4.78, 5) is 26.3. The Labute approximate surface area is 257 Å². The highest BCUT2D eigenvalue weighted by Crippen LogP contribution is 2.45. The molecular formula is C33H32O12. The zero-order chi connectivity index (χ0) is 33.0. The number of rotatable bonds is 12. The van der Waals surface area contributed by atoms with Crippen LogP contribution in [-0.2, 0) is 19.3 Å². The Hall–Kier alpha value is -5.78. The van der Waals surface area contributed by atoms with Crippen molar-refractivity contribution in [1.29, 1.82) is 0 Å². The molecule has 0 saturated carbocycles. The second-order valence-electron chi connectivity index (χ2n) is 10.3.